The summed E-state index contributed by atoms with van der Waals surface area (Å²) in [6.07, 6.45) is 11.6. The van der Waals surface area contributed by atoms with E-state index in [9.17, 15) is 5.11 Å². The van der Waals surface area contributed by atoms with E-state index < -0.39 is 6.10 Å². The molecule has 0 aromatic rings. The second-order valence-corrected chi connectivity index (χ2v) is 9.96. The predicted octanol–water partition coefficient (Wildman–Crippen LogP) is 4.76. The summed E-state index contributed by atoms with van der Waals surface area (Å²) < 4.78 is 22.5. The van der Waals surface area contributed by atoms with Crippen molar-refractivity contribution in [2.45, 2.75) is 96.6 Å². The fraction of sp³-hybridized carbons (Fsp3) is 0.920. The van der Waals surface area contributed by atoms with Gasteiger partial charge in [0.25, 0.3) is 0 Å². The monoisotopic (exact) mass is 426 g/mol. The minimum Gasteiger partial charge on any atom is -0.388 e. The zero-order valence-corrected chi connectivity index (χ0v) is 19.8. The lowest BCUT2D eigenvalue weighted by Crippen LogP contribution is -2.39. The van der Waals surface area contributed by atoms with Crippen LogP contribution in [0.2, 0.25) is 0 Å². The summed E-state index contributed by atoms with van der Waals surface area (Å²) in [7, 11) is 1.66. The fourth-order valence-electron chi connectivity index (χ4n) is 5.22. The van der Waals surface area contributed by atoms with Crippen molar-refractivity contribution in [1.29, 1.82) is 0 Å². The number of hydrogen-bond acceptors (Lipinski definition) is 5. The van der Waals surface area contributed by atoms with Gasteiger partial charge < -0.3 is 24.1 Å². The maximum absolute atomic E-state index is 10.1. The zero-order chi connectivity index (χ0) is 22.0. The van der Waals surface area contributed by atoms with Crippen LogP contribution < -0.4 is 0 Å². The van der Waals surface area contributed by atoms with E-state index in [2.05, 4.69) is 20.4 Å². The maximum Gasteiger partial charge on any atom is 0.101 e. The molecule has 176 valence electrons. The standard InChI is InChI=1S/C25H46O5/c1-6-15-29-23-11-7-20(8-12-23)25(3,4)21-9-13-24(14-10-21)30-18-22(26)17-28-16-19(2)27-5/h6,19-24,26H,1,7-18H2,2-5H3. The first-order chi connectivity index (χ1) is 14.4. The number of hydrogen-bond donors (Lipinski definition) is 1. The second kappa shape index (κ2) is 13.2. The van der Waals surface area contributed by atoms with E-state index >= 15 is 0 Å². The lowest BCUT2D eigenvalue weighted by molar-refractivity contribution is -0.0754. The van der Waals surface area contributed by atoms with E-state index in [0.717, 1.165) is 24.7 Å². The molecule has 1 N–H and O–H groups in total. The molecule has 5 heteroatoms. The molecular formula is C25H46O5. The number of aliphatic hydroxyl groups excluding tert-OH is 1. The Morgan fingerprint density at radius 2 is 1.43 bits per heavy atom. The molecule has 0 aliphatic heterocycles. The van der Waals surface area contributed by atoms with Gasteiger partial charge in [-0.2, -0.15) is 0 Å². The molecular weight excluding hydrogens is 380 g/mol. The lowest BCUT2D eigenvalue weighted by atomic mass is 9.60. The third-order valence-corrected chi connectivity index (χ3v) is 7.49. The zero-order valence-electron chi connectivity index (χ0n) is 19.8. The summed E-state index contributed by atoms with van der Waals surface area (Å²) in [6, 6.07) is 0. The Labute approximate surface area is 184 Å². The first kappa shape index (κ1) is 25.8. The van der Waals surface area contributed by atoms with E-state index in [0.29, 0.717) is 37.9 Å². The normalized spacial score (nSPS) is 30.0. The van der Waals surface area contributed by atoms with Gasteiger partial charge in [-0.15, -0.1) is 6.58 Å². The van der Waals surface area contributed by atoms with Crippen molar-refractivity contribution in [3.63, 3.8) is 0 Å². The average Bonchev–Trinajstić information content (AvgIpc) is 2.76. The van der Waals surface area contributed by atoms with Crippen LogP contribution in [0.15, 0.2) is 12.7 Å². The molecule has 0 amide bonds. The van der Waals surface area contributed by atoms with Crippen LogP contribution in [-0.4, -0.2) is 63.1 Å². The van der Waals surface area contributed by atoms with Crippen LogP contribution in [-0.2, 0) is 18.9 Å². The summed E-state index contributed by atoms with van der Waals surface area (Å²) in [6.45, 7) is 12.5. The van der Waals surface area contributed by atoms with Gasteiger partial charge in [-0.05, 0) is 75.5 Å². The number of ether oxygens (including phenoxy) is 4. The Hall–Kier alpha value is -0.460. The van der Waals surface area contributed by atoms with Crippen LogP contribution in [0.3, 0.4) is 0 Å². The van der Waals surface area contributed by atoms with Gasteiger partial charge in [-0.25, -0.2) is 0 Å². The fourth-order valence-corrected chi connectivity index (χ4v) is 5.22. The number of rotatable bonds is 13. The minimum atomic E-state index is -0.568. The molecule has 2 aliphatic carbocycles. The van der Waals surface area contributed by atoms with Gasteiger partial charge in [0.05, 0.1) is 44.7 Å². The highest BCUT2D eigenvalue weighted by atomic mass is 16.5. The summed E-state index contributed by atoms with van der Waals surface area (Å²) in [5.41, 5.74) is 0.375. The Balaban J connectivity index is 1.65. The van der Waals surface area contributed by atoms with Gasteiger partial charge in [0.1, 0.15) is 6.10 Å². The molecule has 0 radical (unpaired) electrons. The summed E-state index contributed by atoms with van der Waals surface area (Å²) in [4.78, 5) is 0. The van der Waals surface area contributed by atoms with Crippen molar-refractivity contribution < 1.29 is 24.1 Å². The summed E-state index contributed by atoms with van der Waals surface area (Å²) in [5.74, 6) is 1.55. The van der Waals surface area contributed by atoms with Crippen LogP contribution in [0, 0.1) is 17.3 Å². The Morgan fingerprint density at radius 1 is 0.900 bits per heavy atom. The van der Waals surface area contributed by atoms with Crippen molar-refractivity contribution in [2.24, 2.45) is 17.3 Å². The molecule has 5 nitrogen and oxygen atoms in total. The van der Waals surface area contributed by atoms with Crippen LogP contribution in [0.4, 0.5) is 0 Å². The van der Waals surface area contributed by atoms with Gasteiger partial charge in [0.15, 0.2) is 0 Å². The van der Waals surface area contributed by atoms with Crippen LogP contribution in [0.5, 0.6) is 0 Å². The molecule has 2 unspecified atom stereocenters. The first-order valence-electron chi connectivity index (χ1n) is 12.0. The SMILES string of the molecule is C=CCOC1CCC(C(C)(C)C2CCC(OCC(O)COCC(C)OC)CC2)CC1. The molecule has 0 saturated heterocycles. The van der Waals surface area contributed by atoms with Gasteiger partial charge in [-0.3, -0.25) is 0 Å². The lowest BCUT2D eigenvalue weighted by Gasteiger charge is -2.46. The molecule has 2 aliphatic rings. The van der Waals surface area contributed by atoms with Crippen molar-refractivity contribution in [3.8, 4) is 0 Å². The van der Waals surface area contributed by atoms with Crippen molar-refractivity contribution >= 4 is 0 Å². The minimum absolute atomic E-state index is 0.0477. The molecule has 0 heterocycles. The molecule has 2 fully saturated rings. The largest absolute Gasteiger partial charge is 0.388 e. The van der Waals surface area contributed by atoms with Gasteiger partial charge in [0, 0.05) is 7.11 Å². The van der Waals surface area contributed by atoms with Gasteiger partial charge in [0.2, 0.25) is 0 Å². The molecule has 2 rings (SSSR count). The van der Waals surface area contributed by atoms with Crippen molar-refractivity contribution in [3.05, 3.63) is 12.7 Å². The predicted molar refractivity (Wildman–Crippen MR) is 121 cm³/mol. The molecule has 2 saturated carbocycles. The Kier molecular flexibility index (Phi) is 11.3. The van der Waals surface area contributed by atoms with Gasteiger partial charge in [-0.1, -0.05) is 19.9 Å². The average molecular weight is 427 g/mol. The number of methoxy groups -OCH3 is 1. The molecule has 30 heavy (non-hydrogen) atoms. The van der Waals surface area contributed by atoms with Crippen molar-refractivity contribution in [2.75, 3.05) is 33.5 Å². The smallest absolute Gasteiger partial charge is 0.101 e. The number of aliphatic hydroxyl groups is 1. The van der Waals surface area contributed by atoms with E-state index in [4.69, 9.17) is 18.9 Å². The second-order valence-electron chi connectivity index (χ2n) is 9.96. The van der Waals surface area contributed by atoms with Crippen LogP contribution in [0.25, 0.3) is 0 Å². The molecule has 0 spiro atoms. The topological polar surface area (TPSA) is 57.2 Å². The first-order valence-corrected chi connectivity index (χ1v) is 12.0. The van der Waals surface area contributed by atoms with Crippen LogP contribution in [0.1, 0.15) is 72.1 Å². The third kappa shape index (κ3) is 8.23. The Bertz CT molecular complexity index is 464. The highest BCUT2D eigenvalue weighted by Crippen LogP contribution is 2.48. The highest BCUT2D eigenvalue weighted by molar-refractivity contribution is 4.91. The quantitative estimate of drug-likeness (QED) is 0.430. The molecule has 0 bridgehead atoms. The molecule has 0 aromatic heterocycles. The van der Waals surface area contributed by atoms with E-state index in [1.165, 1.54) is 38.5 Å². The summed E-state index contributed by atoms with van der Waals surface area (Å²) >= 11 is 0. The molecule has 0 aromatic carbocycles. The summed E-state index contributed by atoms with van der Waals surface area (Å²) in [5, 5.41) is 10.1. The van der Waals surface area contributed by atoms with E-state index in [1.54, 1.807) is 7.11 Å². The van der Waals surface area contributed by atoms with Gasteiger partial charge >= 0.3 is 0 Å². The van der Waals surface area contributed by atoms with E-state index in [-0.39, 0.29) is 12.2 Å². The Morgan fingerprint density at radius 3 is 1.93 bits per heavy atom. The van der Waals surface area contributed by atoms with Crippen molar-refractivity contribution in [1.82, 2.24) is 0 Å². The molecule has 2 atom stereocenters. The maximum atomic E-state index is 10.1. The third-order valence-electron chi connectivity index (χ3n) is 7.49. The highest BCUT2D eigenvalue weighted by Gasteiger charge is 2.40. The van der Waals surface area contributed by atoms with E-state index in [1.807, 2.05) is 13.0 Å². The van der Waals surface area contributed by atoms with Crippen LogP contribution >= 0.6 is 0 Å².